The maximum absolute atomic E-state index is 12.8. The monoisotopic (exact) mass is 350 g/mol. The molecule has 1 aliphatic rings. The molecular formula is C13H11ClN6O2S. The molecule has 8 nitrogen and oxygen atoms in total. The van der Waals surface area contributed by atoms with E-state index >= 15 is 0 Å². The minimum Gasteiger partial charge on any atom is -0.329 e. The predicted octanol–water partition coefficient (Wildman–Crippen LogP) is 1.33. The van der Waals surface area contributed by atoms with Gasteiger partial charge in [0.1, 0.15) is 0 Å². The summed E-state index contributed by atoms with van der Waals surface area (Å²) in [7, 11) is 0. The number of aromatic nitrogens is 5. The van der Waals surface area contributed by atoms with Crippen LogP contribution >= 0.6 is 22.9 Å². The van der Waals surface area contributed by atoms with Crippen molar-refractivity contribution in [3.05, 3.63) is 44.5 Å². The Morgan fingerprint density at radius 2 is 2.17 bits per heavy atom. The highest BCUT2D eigenvalue weighted by molar-refractivity contribution is 7.19. The van der Waals surface area contributed by atoms with E-state index in [2.05, 4.69) is 20.4 Å². The van der Waals surface area contributed by atoms with Crippen LogP contribution in [0, 0.1) is 0 Å². The molecule has 0 aliphatic carbocycles. The largest absolute Gasteiger partial charge is 0.343 e. The molecule has 0 bridgehead atoms. The number of carbonyl (C=O) groups excluding carboxylic acids is 1. The minimum atomic E-state index is -0.246. The zero-order chi connectivity index (χ0) is 16.0. The highest BCUT2D eigenvalue weighted by Gasteiger charge is 2.27. The Morgan fingerprint density at radius 1 is 1.30 bits per heavy atom. The van der Waals surface area contributed by atoms with Crippen LogP contribution in [0.1, 0.15) is 16.2 Å². The summed E-state index contributed by atoms with van der Waals surface area (Å²) in [5.74, 6) is 0.402. The third-order valence-electron chi connectivity index (χ3n) is 3.74. The van der Waals surface area contributed by atoms with E-state index in [0.29, 0.717) is 34.5 Å². The molecule has 3 aromatic heterocycles. The Bertz CT molecular complexity index is 938. The van der Waals surface area contributed by atoms with Gasteiger partial charge >= 0.3 is 5.69 Å². The van der Waals surface area contributed by atoms with Crippen LogP contribution in [-0.2, 0) is 13.1 Å². The summed E-state index contributed by atoms with van der Waals surface area (Å²) in [5, 5.41) is 13.2. The number of H-pyrrole nitrogens is 2. The second-order valence-corrected chi connectivity index (χ2v) is 6.80. The van der Waals surface area contributed by atoms with Gasteiger partial charge in [0.2, 0.25) is 0 Å². The van der Waals surface area contributed by atoms with E-state index in [-0.39, 0.29) is 18.1 Å². The van der Waals surface area contributed by atoms with Gasteiger partial charge < -0.3 is 4.90 Å². The number of thiophene rings is 1. The van der Waals surface area contributed by atoms with Crippen molar-refractivity contribution in [2.24, 2.45) is 0 Å². The maximum Gasteiger partial charge on any atom is 0.343 e. The van der Waals surface area contributed by atoms with E-state index in [1.165, 1.54) is 17.5 Å². The average Bonchev–Trinajstić information content (AvgIpc) is 3.26. The van der Waals surface area contributed by atoms with Crippen LogP contribution in [0.4, 0.5) is 0 Å². The molecule has 23 heavy (non-hydrogen) atoms. The van der Waals surface area contributed by atoms with Crippen LogP contribution < -0.4 is 5.69 Å². The molecule has 0 fully saturated rings. The number of aromatic amines is 2. The van der Waals surface area contributed by atoms with Crippen LogP contribution in [0.15, 0.2) is 23.1 Å². The van der Waals surface area contributed by atoms with Crippen LogP contribution in [0.3, 0.4) is 0 Å². The van der Waals surface area contributed by atoms with Crippen molar-refractivity contribution in [3.8, 4) is 10.6 Å². The predicted molar refractivity (Wildman–Crippen MR) is 84.5 cm³/mol. The summed E-state index contributed by atoms with van der Waals surface area (Å²) in [6, 6.07) is 3.62. The zero-order valence-corrected chi connectivity index (χ0v) is 13.3. The van der Waals surface area contributed by atoms with Crippen molar-refractivity contribution in [1.82, 2.24) is 29.9 Å². The smallest absolute Gasteiger partial charge is 0.329 e. The molecule has 2 N–H and O–H groups in total. The first-order chi connectivity index (χ1) is 11.1. The van der Waals surface area contributed by atoms with Gasteiger partial charge in [-0.2, -0.15) is 10.2 Å². The van der Waals surface area contributed by atoms with Crippen molar-refractivity contribution < 1.29 is 4.79 Å². The lowest BCUT2D eigenvalue weighted by Crippen LogP contribution is -2.40. The fraction of sp³-hybridized carbons (Fsp3) is 0.231. The molecule has 0 radical (unpaired) electrons. The van der Waals surface area contributed by atoms with Gasteiger partial charge in [-0.1, -0.05) is 11.6 Å². The van der Waals surface area contributed by atoms with Gasteiger partial charge in [0, 0.05) is 13.1 Å². The van der Waals surface area contributed by atoms with E-state index in [1.807, 2.05) is 6.07 Å². The Morgan fingerprint density at radius 3 is 2.96 bits per heavy atom. The van der Waals surface area contributed by atoms with Gasteiger partial charge in [-0.05, 0) is 12.1 Å². The average molecular weight is 351 g/mol. The lowest BCUT2D eigenvalue weighted by molar-refractivity contribution is 0.0707. The molecule has 3 aromatic rings. The van der Waals surface area contributed by atoms with Gasteiger partial charge in [-0.3, -0.25) is 14.5 Å². The molecular weight excluding hydrogens is 340 g/mol. The highest BCUT2D eigenvalue weighted by Crippen LogP contribution is 2.32. The normalized spacial score (nSPS) is 14.0. The fourth-order valence-corrected chi connectivity index (χ4v) is 3.65. The summed E-state index contributed by atoms with van der Waals surface area (Å²) in [5.41, 5.74) is 0.885. The molecule has 118 valence electrons. The number of rotatable bonds is 2. The number of hydrogen-bond acceptors (Lipinski definition) is 5. The van der Waals surface area contributed by atoms with E-state index < -0.39 is 0 Å². The first-order valence-corrected chi connectivity index (χ1v) is 8.05. The number of hydrogen-bond donors (Lipinski definition) is 2. The number of carbonyl (C=O) groups is 1. The third-order valence-corrected chi connectivity index (χ3v) is 4.99. The molecule has 0 atom stereocenters. The van der Waals surface area contributed by atoms with Crippen LogP contribution in [0.25, 0.3) is 10.6 Å². The molecule has 1 aliphatic heterocycles. The molecule has 0 spiro atoms. The van der Waals surface area contributed by atoms with Gasteiger partial charge in [0.05, 0.1) is 33.2 Å². The van der Waals surface area contributed by atoms with Crippen molar-refractivity contribution in [3.63, 3.8) is 0 Å². The first kappa shape index (κ1) is 14.2. The second kappa shape index (κ2) is 5.36. The summed E-state index contributed by atoms with van der Waals surface area (Å²) in [4.78, 5) is 26.8. The quantitative estimate of drug-likeness (QED) is 0.728. The molecule has 4 rings (SSSR count). The van der Waals surface area contributed by atoms with E-state index in [9.17, 15) is 9.59 Å². The van der Waals surface area contributed by atoms with Crippen LogP contribution in [0.5, 0.6) is 0 Å². The fourth-order valence-electron chi connectivity index (χ4n) is 2.60. The van der Waals surface area contributed by atoms with Gasteiger partial charge in [0.15, 0.2) is 5.82 Å². The Labute approximate surface area is 138 Å². The summed E-state index contributed by atoms with van der Waals surface area (Å²) in [6.07, 6.45) is 1.51. The molecule has 1 amide bonds. The van der Waals surface area contributed by atoms with Gasteiger partial charge in [-0.15, -0.1) is 11.3 Å². The number of fused-ring (bicyclic) bond motifs is 1. The standard InChI is InChI=1S/C13H11ClN6O2S/c14-9-2-1-8(23-9)11-7(5-15-17-11)12(21)19-3-4-20-10(6-19)16-18-13(20)22/h1-2,5H,3-4,6H2,(H,15,17)(H,18,22). The lowest BCUT2D eigenvalue weighted by atomic mass is 10.2. The van der Waals surface area contributed by atoms with Crippen LogP contribution in [0.2, 0.25) is 4.34 Å². The number of halogens is 1. The van der Waals surface area contributed by atoms with Crippen molar-refractivity contribution >= 4 is 28.8 Å². The third kappa shape index (κ3) is 2.37. The Balaban J connectivity index is 1.64. The van der Waals surface area contributed by atoms with Crippen molar-refractivity contribution in [2.75, 3.05) is 6.54 Å². The summed E-state index contributed by atoms with van der Waals surface area (Å²) in [6.45, 7) is 1.16. The second-order valence-electron chi connectivity index (χ2n) is 5.09. The Hall–Kier alpha value is -2.39. The SMILES string of the molecule is O=C(c1cn[nH]c1-c1ccc(Cl)s1)N1CCn2c(n[nH]c2=O)C1. The number of nitrogens with one attached hydrogen (secondary N) is 2. The van der Waals surface area contributed by atoms with E-state index in [0.717, 1.165) is 4.88 Å². The van der Waals surface area contributed by atoms with Gasteiger partial charge in [-0.25, -0.2) is 9.89 Å². The number of nitrogens with zero attached hydrogens (tertiary/aromatic N) is 4. The summed E-state index contributed by atoms with van der Waals surface area (Å²) < 4.78 is 2.19. The van der Waals surface area contributed by atoms with Crippen molar-refractivity contribution in [1.29, 1.82) is 0 Å². The molecule has 0 saturated carbocycles. The molecule has 4 heterocycles. The maximum atomic E-state index is 12.8. The minimum absolute atomic E-state index is 0.153. The first-order valence-electron chi connectivity index (χ1n) is 6.86. The van der Waals surface area contributed by atoms with Gasteiger partial charge in [0.25, 0.3) is 5.91 Å². The highest BCUT2D eigenvalue weighted by atomic mass is 35.5. The Kier molecular flexibility index (Phi) is 3.31. The molecule has 10 heteroatoms. The van der Waals surface area contributed by atoms with E-state index in [1.54, 1.807) is 15.5 Å². The topological polar surface area (TPSA) is 99.7 Å². The molecule has 0 aromatic carbocycles. The lowest BCUT2D eigenvalue weighted by Gasteiger charge is -2.26. The zero-order valence-electron chi connectivity index (χ0n) is 11.7. The summed E-state index contributed by atoms with van der Waals surface area (Å²) >= 11 is 7.34. The van der Waals surface area contributed by atoms with Crippen molar-refractivity contribution in [2.45, 2.75) is 13.1 Å². The number of amides is 1. The van der Waals surface area contributed by atoms with Crippen LogP contribution in [-0.4, -0.2) is 42.3 Å². The molecule has 0 saturated heterocycles. The van der Waals surface area contributed by atoms with E-state index in [4.69, 9.17) is 11.6 Å². The molecule has 0 unspecified atom stereocenters.